The Labute approximate surface area is 137 Å². The fourth-order valence-electron chi connectivity index (χ4n) is 7.46. The van der Waals surface area contributed by atoms with Gasteiger partial charge < -0.3 is 5.73 Å². The standard InChI is InChI=1S/C21H37N/c1-13-4-5-16(8-13)20-15(3)19(12-22)18(20)11-21-7-6-14(2)17(9-21)10-21/h13-20H,4-12,22H2,1-3H3/t13?,14-,15?,16?,17?,18?,19?,20?,21?/m0/s1. The van der Waals surface area contributed by atoms with E-state index in [1.807, 2.05) is 0 Å². The van der Waals surface area contributed by atoms with Gasteiger partial charge in [-0.2, -0.15) is 0 Å². The highest BCUT2D eigenvalue weighted by atomic mass is 14.7. The molecule has 1 heteroatoms. The molecule has 1 nitrogen and oxygen atoms in total. The first kappa shape index (κ1) is 15.5. The summed E-state index contributed by atoms with van der Waals surface area (Å²) in [7, 11) is 0. The number of nitrogens with two attached hydrogens (primary N) is 1. The van der Waals surface area contributed by atoms with E-state index in [1.54, 1.807) is 12.8 Å². The molecule has 5 aliphatic carbocycles. The van der Waals surface area contributed by atoms with Gasteiger partial charge in [-0.1, -0.05) is 27.2 Å². The van der Waals surface area contributed by atoms with E-state index in [9.17, 15) is 0 Å². The molecule has 0 spiro atoms. The van der Waals surface area contributed by atoms with Gasteiger partial charge >= 0.3 is 0 Å². The summed E-state index contributed by atoms with van der Waals surface area (Å²) in [5.41, 5.74) is 6.95. The lowest BCUT2D eigenvalue weighted by molar-refractivity contribution is -0.123. The molecule has 0 heterocycles. The van der Waals surface area contributed by atoms with E-state index < -0.39 is 0 Å². The SMILES string of the molecule is CC1CCC(C2C(C)C(CN)C2CC23CC[C@H](C)C(C2)C3)C1. The van der Waals surface area contributed by atoms with Crippen molar-refractivity contribution in [2.45, 2.75) is 72.1 Å². The molecule has 7 atom stereocenters. The second kappa shape index (κ2) is 5.50. The van der Waals surface area contributed by atoms with Gasteiger partial charge in [-0.15, -0.1) is 0 Å². The van der Waals surface area contributed by atoms with Crippen molar-refractivity contribution in [3.05, 3.63) is 0 Å². The third-order valence-corrected chi connectivity index (χ3v) is 8.87. The van der Waals surface area contributed by atoms with E-state index in [1.165, 1.54) is 38.5 Å². The average Bonchev–Trinajstić information content (AvgIpc) is 2.85. The molecular formula is C21H37N. The van der Waals surface area contributed by atoms with Crippen LogP contribution in [0.2, 0.25) is 0 Å². The second-order valence-electron chi connectivity index (χ2n) is 10.1. The Balaban J connectivity index is 1.44. The largest absolute Gasteiger partial charge is 0.330 e. The lowest BCUT2D eigenvalue weighted by Gasteiger charge is -2.62. The minimum atomic E-state index is 0.762. The average molecular weight is 304 g/mol. The lowest BCUT2D eigenvalue weighted by atomic mass is 9.43. The van der Waals surface area contributed by atoms with Gasteiger partial charge in [-0.25, -0.2) is 0 Å². The summed E-state index contributed by atoms with van der Waals surface area (Å²) in [5.74, 6) is 7.85. The normalized spacial score (nSPS) is 57.3. The van der Waals surface area contributed by atoms with Crippen LogP contribution in [0.1, 0.15) is 72.1 Å². The third-order valence-electron chi connectivity index (χ3n) is 8.87. The molecule has 0 amide bonds. The summed E-state index contributed by atoms with van der Waals surface area (Å²) in [6.07, 6.45) is 12.2. The van der Waals surface area contributed by atoms with Crippen LogP contribution in [-0.4, -0.2) is 6.54 Å². The van der Waals surface area contributed by atoms with Crippen molar-refractivity contribution in [2.75, 3.05) is 6.54 Å². The van der Waals surface area contributed by atoms with Gasteiger partial charge in [0.25, 0.3) is 0 Å². The summed E-state index contributed by atoms with van der Waals surface area (Å²) in [6, 6.07) is 0. The van der Waals surface area contributed by atoms with E-state index in [2.05, 4.69) is 20.8 Å². The predicted octanol–water partition coefficient (Wildman–Crippen LogP) is 5.10. The van der Waals surface area contributed by atoms with Crippen molar-refractivity contribution in [1.82, 2.24) is 0 Å². The molecule has 126 valence electrons. The first-order chi connectivity index (χ1) is 10.5. The lowest BCUT2D eigenvalue weighted by Crippen LogP contribution is -2.56. The van der Waals surface area contributed by atoms with Gasteiger partial charge in [0.1, 0.15) is 0 Å². The van der Waals surface area contributed by atoms with Crippen LogP contribution >= 0.6 is 0 Å². The molecule has 0 aromatic rings. The fraction of sp³-hybridized carbons (Fsp3) is 1.00. The zero-order valence-corrected chi connectivity index (χ0v) is 15.1. The van der Waals surface area contributed by atoms with Crippen LogP contribution in [0.4, 0.5) is 0 Å². The number of fused-ring (bicyclic) bond motifs is 2. The number of rotatable bonds is 4. The molecule has 0 radical (unpaired) electrons. The predicted molar refractivity (Wildman–Crippen MR) is 93.4 cm³/mol. The Hall–Kier alpha value is -0.0400. The topological polar surface area (TPSA) is 26.0 Å². The Kier molecular flexibility index (Phi) is 3.87. The van der Waals surface area contributed by atoms with Crippen molar-refractivity contribution in [3.63, 3.8) is 0 Å². The summed E-state index contributed by atoms with van der Waals surface area (Å²) in [5, 5.41) is 0. The maximum absolute atomic E-state index is 6.19. The van der Waals surface area contributed by atoms with Crippen molar-refractivity contribution in [1.29, 1.82) is 0 Å². The highest BCUT2D eigenvalue weighted by Gasteiger charge is 2.57. The van der Waals surface area contributed by atoms with Gasteiger partial charge in [0.05, 0.1) is 0 Å². The van der Waals surface area contributed by atoms with Crippen molar-refractivity contribution >= 4 is 0 Å². The van der Waals surface area contributed by atoms with Crippen LogP contribution in [0.25, 0.3) is 0 Å². The minimum absolute atomic E-state index is 0.762. The molecular weight excluding hydrogens is 266 g/mol. The first-order valence-electron chi connectivity index (χ1n) is 10.2. The van der Waals surface area contributed by atoms with Crippen LogP contribution in [0.5, 0.6) is 0 Å². The molecule has 0 aromatic heterocycles. The molecule has 0 aliphatic heterocycles. The molecule has 5 fully saturated rings. The quantitative estimate of drug-likeness (QED) is 0.768. The monoisotopic (exact) mass is 303 g/mol. The fourth-order valence-corrected chi connectivity index (χ4v) is 7.46. The molecule has 0 aromatic carbocycles. The second-order valence-corrected chi connectivity index (χ2v) is 10.1. The van der Waals surface area contributed by atoms with Crippen molar-refractivity contribution in [2.24, 2.45) is 58.5 Å². The van der Waals surface area contributed by atoms with Gasteiger partial charge in [0, 0.05) is 0 Å². The Morgan fingerprint density at radius 2 is 1.73 bits per heavy atom. The van der Waals surface area contributed by atoms with Crippen LogP contribution in [0, 0.1) is 52.8 Å². The molecule has 22 heavy (non-hydrogen) atoms. The molecule has 6 unspecified atom stereocenters. The number of hydrogen-bond acceptors (Lipinski definition) is 1. The maximum atomic E-state index is 6.19. The van der Waals surface area contributed by atoms with Gasteiger partial charge in [-0.05, 0) is 104 Å². The summed E-state index contributed by atoms with van der Waals surface area (Å²) in [4.78, 5) is 0. The zero-order valence-electron chi connectivity index (χ0n) is 15.1. The maximum Gasteiger partial charge on any atom is -0.00434 e. The summed E-state index contributed by atoms with van der Waals surface area (Å²) in [6.45, 7) is 8.42. The highest BCUT2D eigenvalue weighted by molar-refractivity contribution is 5.07. The van der Waals surface area contributed by atoms with Crippen LogP contribution < -0.4 is 5.73 Å². The van der Waals surface area contributed by atoms with Gasteiger partial charge in [0.15, 0.2) is 0 Å². The highest BCUT2D eigenvalue weighted by Crippen LogP contribution is 2.65. The number of hydrogen-bond donors (Lipinski definition) is 1. The summed E-state index contributed by atoms with van der Waals surface area (Å²) < 4.78 is 0. The van der Waals surface area contributed by atoms with E-state index in [-0.39, 0.29) is 0 Å². The van der Waals surface area contributed by atoms with Crippen LogP contribution in [0.15, 0.2) is 0 Å². The van der Waals surface area contributed by atoms with E-state index in [0.29, 0.717) is 0 Å². The van der Waals surface area contributed by atoms with E-state index in [4.69, 9.17) is 5.73 Å². The van der Waals surface area contributed by atoms with E-state index in [0.717, 1.165) is 59.3 Å². The zero-order chi connectivity index (χ0) is 15.5. The van der Waals surface area contributed by atoms with Crippen molar-refractivity contribution in [3.8, 4) is 0 Å². The third kappa shape index (κ3) is 2.29. The molecule has 5 saturated carbocycles. The van der Waals surface area contributed by atoms with E-state index >= 15 is 0 Å². The van der Waals surface area contributed by atoms with Crippen LogP contribution in [0.3, 0.4) is 0 Å². The molecule has 0 saturated heterocycles. The summed E-state index contributed by atoms with van der Waals surface area (Å²) >= 11 is 0. The molecule has 5 rings (SSSR count). The van der Waals surface area contributed by atoms with Crippen LogP contribution in [-0.2, 0) is 0 Å². The smallest absolute Gasteiger partial charge is 0.00434 e. The molecule has 2 N–H and O–H groups in total. The molecule has 2 bridgehead atoms. The van der Waals surface area contributed by atoms with Gasteiger partial charge in [0.2, 0.25) is 0 Å². The first-order valence-corrected chi connectivity index (χ1v) is 10.2. The molecule has 5 aliphatic rings. The van der Waals surface area contributed by atoms with Gasteiger partial charge in [-0.3, -0.25) is 0 Å². The minimum Gasteiger partial charge on any atom is -0.330 e. The van der Waals surface area contributed by atoms with Crippen molar-refractivity contribution < 1.29 is 0 Å². The Morgan fingerprint density at radius 3 is 2.27 bits per heavy atom. The Morgan fingerprint density at radius 1 is 0.955 bits per heavy atom. The Bertz CT molecular complexity index is 405.